The first kappa shape index (κ1) is 17.5. The van der Waals surface area contributed by atoms with Gasteiger partial charge in [-0.25, -0.2) is 4.79 Å². The quantitative estimate of drug-likeness (QED) is 0.853. The standard InChI is InChI=1S/C17H22N6O/c1-4-8-23-11-19-22-16(23)12(3)20-17(24)21-15-7-6-13(10-18)9-14(15)5-2/h6-7,9,11-12H,4-5,8H2,1-3H3,(H2,20,21,24)/t12-/m0/s1. The summed E-state index contributed by atoms with van der Waals surface area (Å²) in [5.41, 5.74) is 2.21. The van der Waals surface area contributed by atoms with Crippen molar-refractivity contribution in [1.29, 1.82) is 5.26 Å². The predicted molar refractivity (Wildman–Crippen MR) is 91.4 cm³/mol. The molecule has 0 unspecified atom stereocenters. The van der Waals surface area contributed by atoms with E-state index < -0.39 is 0 Å². The van der Waals surface area contributed by atoms with E-state index in [-0.39, 0.29) is 12.1 Å². The molecule has 2 amide bonds. The fourth-order valence-corrected chi connectivity index (χ4v) is 2.51. The fourth-order valence-electron chi connectivity index (χ4n) is 2.51. The molecule has 1 aromatic carbocycles. The van der Waals surface area contributed by atoms with Crippen LogP contribution in [0.15, 0.2) is 24.5 Å². The molecule has 1 aromatic heterocycles. The van der Waals surface area contributed by atoms with Gasteiger partial charge in [0.15, 0.2) is 5.82 Å². The highest BCUT2D eigenvalue weighted by Crippen LogP contribution is 2.18. The summed E-state index contributed by atoms with van der Waals surface area (Å²) in [6, 6.07) is 6.76. The fraction of sp³-hybridized carbons (Fsp3) is 0.412. The first-order valence-electron chi connectivity index (χ1n) is 8.07. The van der Waals surface area contributed by atoms with Gasteiger partial charge in [0.25, 0.3) is 0 Å². The number of hydrogen-bond donors (Lipinski definition) is 2. The maximum absolute atomic E-state index is 12.3. The molecule has 2 rings (SSSR count). The van der Waals surface area contributed by atoms with Crippen LogP contribution in [0.1, 0.15) is 50.2 Å². The van der Waals surface area contributed by atoms with Crippen LogP contribution < -0.4 is 10.6 Å². The highest BCUT2D eigenvalue weighted by molar-refractivity contribution is 5.90. The van der Waals surface area contributed by atoms with E-state index in [1.165, 1.54) is 0 Å². The van der Waals surface area contributed by atoms with Crippen molar-refractivity contribution in [1.82, 2.24) is 20.1 Å². The SMILES string of the molecule is CCCn1cnnc1[C@H](C)NC(=O)Nc1ccc(C#N)cc1CC. The van der Waals surface area contributed by atoms with Crippen LogP contribution in [0.25, 0.3) is 0 Å². The van der Waals surface area contributed by atoms with Gasteiger partial charge in [0.1, 0.15) is 6.33 Å². The molecule has 0 aliphatic rings. The smallest absolute Gasteiger partial charge is 0.319 e. The van der Waals surface area contributed by atoms with E-state index in [9.17, 15) is 4.79 Å². The Labute approximate surface area is 141 Å². The molecule has 2 N–H and O–H groups in total. The third-order valence-corrected chi connectivity index (χ3v) is 3.71. The number of nitrogens with zero attached hydrogens (tertiary/aromatic N) is 4. The summed E-state index contributed by atoms with van der Waals surface area (Å²) in [7, 11) is 0. The summed E-state index contributed by atoms with van der Waals surface area (Å²) >= 11 is 0. The van der Waals surface area contributed by atoms with Crippen LogP contribution in [-0.2, 0) is 13.0 Å². The Bertz CT molecular complexity index is 746. The van der Waals surface area contributed by atoms with Gasteiger partial charge < -0.3 is 15.2 Å². The molecule has 0 spiro atoms. The molecule has 0 bridgehead atoms. The monoisotopic (exact) mass is 326 g/mol. The number of aromatic nitrogens is 3. The zero-order chi connectivity index (χ0) is 17.5. The van der Waals surface area contributed by atoms with E-state index in [4.69, 9.17) is 5.26 Å². The third kappa shape index (κ3) is 4.10. The minimum absolute atomic E-state index is 0.262. The largest absolute Gasteiger partial charge is 0.328 e. The Kier molecular flexibility index (Phi) is 5.90. The highest BCUT2D eigenvalue weighted by Gasteiger charge is 2.16. The first-order chi connectivity index (χ1) is 11.6. The second-order valence-electron chi connectivity index (χ2n) is 5.54. The molecule has 24 heavy (non-hydrogen) atoms. The molecule has 0 saturated heterocycles. The topological polar surface area (TPSA) is 95.6 Å². The number of aryl methyl sites for hydroxylation is 2. The van der Waals surface area contributed by atoms with Crippen LogP contribution in [-0.4, -0.2) is 20.8 Å². The molecule has 7 heteroatoms. The molecule has 0 aliphatic heterocycles. The molecule has 2 aromatic rings. The van der Waals surface area contributed by atoms with E-state index in [2.05, 4.69) is 33.8 Å². The van der Waals surface area contributed by atoms with Crippen molar-refractivity contribution in [3.05, 3.63) is 41.5 Å². The van der Waals surface area contributed by atoms with E-state index in [0.717, 1.165) is 30.8 Å². The van der Waals surface area contributed by atoms with Crippen LogP contribution in [0.2, 0.25) is 0 Å². The maximum Gasteiger partial charge on any atom is 0.319 e. The maximum atomic E-state index is 12.3. The summed E-state index contributed by atoms with van der Waals surface area (Å²) in [4.78, 5) is 12.3. The summed E-state index contributed by atoms with van der Waals surface area (Å²) in [5, 5.41) is 22.7. The second kappa shape index (κ2) is 8.11. The summed E-state index contributed by atoms with van der Waals surface area (Å²) in [5.74, 6) is 0.725. The number of anilines is 1. The normalized spacial score (nSPS) is 11.6. The molecular formula is C17H22N6O. The van der Waals surface area contributed by atoms with Gasteiger partial charge >= 0.3 is 6.03 Å². The Morgan fingerprint density at radius 2 is 2.21 bits per heavy atom. The predicted octanol–water partition coefficient (Wildman–Crippen LogP) is 3.00. The number of nitrogens with one attached hydrogen (secondary N) is 2. The van der Waals surface area contributed by atoms with Crippen LogP contribution >= 0.6 is 0 Å². The van der Waals surface area contributed by atoms with Crippen LogP contribution in [0.4, 0.5) is 10.5 Å². The number of amides is 2. The molecule has 0 fully saturated rings. The zero-order valence-corrected chi connectivity index (χ0v) is 14.2. The molecule has 126 valence electrons. The van der Waals surface area contributed by atoms with Gasteiger partial charge in [-0.1, -0.05) is 13.8 Å². The molecule has 7 nitrogen and oxygen atoms in total. The van der Waals surface area contributed by atoms with Gasteiger partial charge in [-0.15, -0.1) is 10.2 Å². The Morgan fingerprint density at radius 3 is 2.88 bits per heavy atom. The Hall–Kier alpha value is -2.88. The summed E-state index contributed by atoms with van der Waals surface area (Å²) < 4.78 is 1.93. The molecule has 0 aliphatic carbocycles. The van der Waals surface area contributed by atoms with Gasteiger partial charge in [0.05, 0.1) is 17.7 Å². The Morgan fingerprint density at radius 1 is 1.42 bits per heavy atom. The first-order valence-corrected chi connectivity index (χ1v) is 8.07. The number of hydrogen-bond acceptors (Lipinski definition) is 4. The summed E-state index contributed by atoms with van der Waals surface area (Å²) in [6.07, 6.45) is 3.37. The number of rotatable bonds is 6. The number of carbonyl (C=O) groups excluding carboxylic acids is 1. The number of carbonyl (C=O) groups is 1. The molecule has 1 heterocycles. The average Bonchev–Trinajstić information content (AvgIpc) is 3.04. The second-order valence-corrected chi connectivity index (χ2v) is 5.54. The third-order valence-electron chi connectivity index (χ3n) is 3.71. The van der Waals surface area contributed by atoms with Crippen molar-refractivity contribution in [3.8, 4) is 6.07 Å². The number of urea groups is 1. The lowest BCUT2D eigenvalue weighted by Crippen LogP contribution is -2.33. The van der Waals surface area contributed by atoms with Crippen molar-refractivity contribution < 1.29 is 4.79 Å². The van der Waals surface area contributed by atoms with E-state index in [0.29, 0.717) is 11.3 Å². The minimum Gasteiger partial charge on any atom is -0.328 e. The van der Waals surface area contributed by atoms with E-state index >= 15 is 0 Å². The van der Waals surface area contributed by atoms with Gasteiger partial charge in [-0.2, -0.15) is 5.26 Å². The Balaban J connectivity index is 2.05. The van der Waals surface area contributed by atoms with Crippen molar-refractivity contribution in [3.63, 3.8) is 0 Å². The molecule has 0 radical (unpaired) electrons. The lowest BCUT2D eigenvalue weighted by molar-refractivity contribution is 0.248. The van der Waals surface area contributed by atoms with Gasteiger partial charge in [0, 0.05) is 12.2 Å². The van der Waals surface area contributed by atoms with Crippen molar-refractivity contribution in [2.45, 2.75) is 46.2 Å². The van der Waals surface area contributed by atoms with Crippen molar-refractivity contribution in [2.75, 3.05) is 5.32 Å². The van der Waals surface area contributed by atoms with Crippen LogP contribution in [0, 0.1) is 11.3 Å². The average molecular weight is 326 g/mol. The number of benzene rings is 1. The van der Waals surface area contributed by atoms with Gasteiger partial charge in [-0.3, -0.25) is 0 Å². The molecular weight excluding hydrogens is 304 g/mol. The van der Waals surface area contributed by atoms with Gasteiger partial charge in [0.2, 0.25) is 0 Å². The van der Waals surface area contributed by atoms with E-state index in [1.54, 1.807) is 24.5 Å². The number of nitriles is 1. The molecule has 1 atom stereocenters. The minimum atomic E-state index is -0.312. The van der Waals surface area contributed by atoms with Crippen LogP contribution in [0.3, 0.4) is 0 Å². The van der Waals surface area contributed by atoms with Crippen molar-refractivity contribution >= 4 is 11.7 Å². The van der Waals surface area contributed by atoms with Crippen molar-refractivity contribution in [2.24, 2.45) is 0 Å². The molecule has 0 saturated carbocycles. The zero-order valence-electron chi connectivity index (χ0n) is 14.2. The van der Waals surface area contributed by atoms with E-state index in [1.807, 2.05) is 18.4 Å². The van der Waals surface area contributed by atoms with Gasteiger partial charge in [-0.05, 0) is 43.5 Å². The van der Waals surface area contributed by atoms with Crippen LogP contribution in [0.5, 0.6) is 0 Å². The lowest BCUT2D eigenvalue weighted by atomic mass is 10.1. The highest BCUT2D eigenvalue weighted by atomic mass is 16.2. The lowest BCUT2D eigenvalue weighted by Gasteiger charge is -2.16. The summed E-state index contributed by atoms with van der Waals surface area (Å²) in [6.45, 7) is 6.74.